The van der Waals surface area contributed by atoms with E-state index in [9.17, 15) is 4.79 Å². The van der Waals surface area contributed by atoms with Crippen molar-refractivity contribution in [1.29, 1.82) is 0 Å². The zero-order valence-electron chi connectivity index (χ0n) is 16.2. The molecule has 29 heavy (non-hydrogen) atoms. The van der Waals surface area contributed by atoms with E-state index < -0.39 is 0 Å². The number of carbonyl (C=O) groups is 1. The van der Waals surface area contributed by atoms with Crippen molar-refractivity contribution in [3.63, 3.8) is 0 Å². The molecule has 0 fully saturated rings. The highest BCUT2D eigenvalue weighted by Gasteiger charge is 2.13. The van der Waals surface area contributed by atoms with Gasteiger partial charge in [-0.05, 0) is 49.7 Å². The standard InChI is InChI=1S/C23H20N2O2S2/c1-15(2)27-18-10-8-16(9-11-18)20(26)13-28-22-19-12-21(17-6-4-3-5-7-17)29-23(19)25-14-24-22/h3-12,14-15H,13H2,1-2H3. The van der Waals surface area contributed by atoms with Gasteiger partial charge >= 0.3 is 0 Å². The van der Waals surface area contributed by atoms with Crippen LogP contribution in [-0.2, 0) is 0 Å². The molecule has 0 saturated heterocycles. The maximum atomic E-state index is 12.6. The summed E-state index contributed by atoms with van der Waals surface area (Å²) in [6, 6.07) is 19.6. The van der Waals surface area contributed by atoms with Crippen LogP contribution in [0.4, 0.5) is 0 Å². The molecule has 0 saturated carbocycles. The normalized spacial score (nSPS) is 11.1. The number of rotatable bonds is 7. The first-order valence-electron chi connectivity index (χ1n) is 9.33. The number of thiophene rings is 1. The van der Waals surface area contributed by atoms with E-state index in [-0.39, 0.29) is 11.9 Å². The number of hydrogen-bond acceptors (Lipinski definition) is 6. The van der Waals surface area contributed by atoms with Gasteiger partial charge in [-0.1, -0.05) is 42.1 Å². The number of carbonyl (C=O) groups excluding carboxylic acids is 1. The van der Waals surface area contributed by atoms with Gasteiger partial charge in [0.25, 0.3) is 0 Å². The highest BCUT2D eigenvalue weighted by atomic mass is 32.2. The summed E-state index contributed by atoms with van der Waals surface area (Å²) in [6.45, 7) is 3.96. The topological polar surface area (TPSA) is 52.1 Å². The van der Waals surface area contributed by atoms with Crippen LogP contribution in [0.2, 0.25) is 0 Å². The third-order valence-corrected chi connectivity index (χ3v) is 6.34. The molecule has 146 valence electrons. The van der Waals surface area contributed by atoms with E-state index in [2.05, 4.69) is 28.2 Å². The lowest BCUT2D eigenvalue weighted by Crippen LogP contribution is -2.06. The minimum absolute atomic E-state index is 0.0661. The van der Waals surface area contributed by atoms with Gasteiger partial charge in [-0.25, -0.2) is 9.97 Å². The maximum absolute atomic E-state index is 12.6. The van der Waals surface area contributed by atoms with Gasteiger partial charge in [-0.15, -0.1) is 11.3 Å². The van der Waals surface area contributed by atoms with Crippen LogP contribution in [0.3, 0.4) is 0 Å². The third kappa shape index (κ3) is 4.66. The number of thioether (sulfide) groups is 1. The van der Waals surface area contributed by atoms with Crippen molar-refractivity contribution in [3.8, 4) is 16.2 Å². The first-order valence-corrected chi connectivity index (χ1v) is 11.1. The molecule has 0 atom stereocenters. The lowest BCUT2D eigenvalue weighted by molar-refractivity contribution is 0.102. The molecule has 0 aliphatic heterocycles. The predicted octanol–water partition coefficient (Wildman–Crippen LogP) is 6.12. The summed E-state index contributed by atoms with van der Waals surface area (Å²) in [5, 5.41) is 1.83. The van der Waals surface area contributed by atoms with Crippen molar-refractivity contribution in [3.05, 3.63) is 72.6 Å². The Bertz CT molecular complexity index is 1120. The highest BCUT2D eigenvalue weighted by molar-refractivity contribution is 8.00. The Balaban J connectivity index is 1.49. The number of benzene rings is 2. The summed E-state index contributed by atoms with van der Waals surface area (Å²) >= 11 is 3.09. The molecular formula is C23H20N2O2S2. The van der Waals surface area contributed by atoms with Crippen LogP contribution in [-0.4, -0.2) is 27.6 Å². The lowest BCUT2D eigenvalue weighted by Gasteiger charge is -2.09. The molecule has 0 spiro atoms. The summed E-state index contributed by atoms with van der Waals surface area (Å²) in [6.07, 6.45) is 1.68. The first-order chi connectivity index (χ1) is 14.1. The van der Waals surface area contributed by atoms with Crippen molar-refractivity contribution in [1.82, 2.24) is 9.97 Å². The number of fused-ring (bicyclic) bond motifs is 1. The van der Waals surface area contributed by atoms with Crippen LogP contribution in [0.1, 0.15) is 24.2 Å². The third-order valence-electron chi connectivity index (χ3n) is 4.24. The Hall–Kier alpha value is -2.70. The van der Waals surface area contributed by atoms with Crippen molar-refractivity contribution in [2.45, 2.75) is 25.0 Å². The number of nitrogens with zero attached hydrogens (tertiary/aromatic N) is 2. The van der Waals surface area contributed by atoms with Crippen LogP contribution in [0.25, 0.3) is 20.7 Å². The Labute approximate surface area is 178 Å². The van der Waals surface area contributed by atoms with Gasteiger partial charge in [0, 0.05) is 15.8 Å². The van der Waals surface area contributed by atoms with Gasteiger partial charge in [0.05, 0.1) is 11.9 Å². The first kappa shape index (κ1) is 19.6. The zero-order valence-corrected chi connectivity index (χ0v) is 17.8. The molecule has 0 aliphatic rings. The largest absolute Gasteiger partial charge is 0.491 e. The van der Waals surface area contributed by atoms with Crippen LogP contribution in [0.15, 0.2) is 72.0 Å². The van der Waals surface area contributed by atoms with Crippen molar-refractivity contribution in [2.75, 3.05) is 5.75 Å². The summed E-state index contributed by atoms with van der Waals surface area (Å²) in [5.74, 6) is 1.16. The number of Topliss-reactive ketones (excluding diaryl/α,β-unsaturated/α-hetero) is 1. The molecular weight excluding hydrogens is 400 g/mol. The van der Waals surface area contributed by atoms with Crippen LogP contribution >= 0.6 is 23.1 Å². The maximum Gasteiger partial charge on any atom is 0.173 e. The number of ether oxygens (including phenoxy) is 1. The lowest BCUT2D eigenvalue weighted by atomic mass is 10.1. The molecule has 2 aromatic heterocycles. The van der Waals surface area contributed by atoms with Crippen molar-refractivity contribution >= 4 is 39.1 Å². The second-order valence-corrected chi connectivity index (χ2v) is 8.77. The monoisotopic (exact) mass is 420 g/mol. The highest BCUT2D eigenvalue weighted by Crippen LogP contribution is 2.36. The Morgan fingerprint density at radius 2 is 1.83 bits per heavy atom. The second-order valence-electron chi connectivity index (χ2n) is 6.78. The van der Waals surface area contributed by atoms with E-state index in [1.54, 1.807) is 17.7 Å². The molecule has 0 bridgehead atoms. The minimum Gasteiger partial charge on any atom is -0.491 e. The van der Waals surface area contributed by atoms with Gasteiger partial charge in [-0.2, -0.15) is 0 Å². The van der Waals surface area contributed by atoms with Crippen molar-refractivity contribution in [2.24, 2.45) is 0 Å². The molecule has 0 radical (unpaired) electrons. The average Bonchev–Trinajstić information content (AvgIpc) is 3.18. The van der Waals surface area contributed by atoms with E-state index >= 15 is 0 Å². The fourth-order valence-electron chi connectivity index (χ4n) is 2.90. The summed E-state index contributed by atoms with van der Waals surface area (Å²) < 4.78 is 5.63. The van der Waals surface area contributed by atoms with Crippen LogP contribution in [0.5, 0.6) is 5.75 Å². The molecule has 2 aromatic carbocycles. The van der Waals surface area contributed by atoms with Crippen LogP contribution in [0, 0.1) is 0 Å². The van der Waals surface area contributed by atoms with Gasteiger partial charge in [-0.3, -0.25) is 4.79 Å². The predicted molar refractivity (Wildman–Crippen MR) is 120 cm³/mol. The van der Waals surface area contributed by atoms with Gasteiger partial charge in [0.1, 0.15) is 21.9 Å². The second kappa shape index (κ2) is 8.76. The molecule has 0 unspecified atom stereocenters. The zero-order chi connectivity index (χ0) is 20.2. The molecule has 2 heterocycles. The quantitative estimate of drug-likeness (QED) is 0.205. The molecule has 6 heteroatoms. The van der Waals surface area contributed by atoms with E-state index in [0.717, 1.165) is 31.4 Å². The van der Waals surface area contributed by atoms with E-state index in [1.165, 1.54) is 11.8 Å². The molecule has 4 nitrogen and oxygen atoms in total. The smallest absolute Gasteiger partial charge is 0.173 e. The summed E-state index contributed by atoms with van der Waals surface area (Å²) in [5.41, 5.74) is 1.83. The summed E-state index contributed by atoms with van der Waals surface area (Å²) in [7, 11) is 0. The number of hydrogen-bond donors (Lipinski definition) is 0. The molecule has 0 amide bonds. The minimum atomic E-state index is 0.0661. The molecule has 0 N–H and O–H groups in total. The molecule has 4 rings (SSSR count). The fraction of sp³-hybridized carbons (Fsp3) is 0.174. The van der Waals surface area contributed by atoms with Gasteiger partial charge in [0.15, 0.2) is 5.78 Å². The van der Waals surface area contributed by atoms with E-state index in [1.807, 2.05) is 56.3 Å². The van der Waals surface area contributed by atoms with Crippen LogP contribution < -0.4 is 4.74 Å². The number of ketones is 1. The fourth-order valence-corrected chi connectivity index (χ4v) is 4.84. The SMILES string of the molecule is CC(C)Oc1ccc(C(=O)CSc2ncnc3sc(-c4ccccc4)cc23)cc1. The average molecular weight is 421 g/mol. The number of aromatic nitrogens is 2. The molecule has 4 aromatic rings. The summed E-state index contributed by atoms with van der Waals surface area (Å²) in [4.78, 5) is 23.5. The van der Waals surface area contributed by atoms with Gasteiger partial charge in [0.2, 0.25) is 0 Å². The van der Waals surface area contributed by atoms with E-state index in [4.69, 9.17) is 4.74 Å². The Morgan fingerprint density at radius 1 is 1.07 bits per heavy atom. The van der Waals surface area contributed by atoms with E-state index in [0.29, 0.717) is 11.3 Å². The Kier molecular flexibility index (Phi) is 5.92. The molecule has 0 aliphatic carbocycles. The van der Waals surface area contributed by atoms with Gasteiger partial charge < -0.3 is 4.74 Å². The Morgan fingerprint density at radius 3 is 2.55 bits per heavy atom. The van der Waals surface area contributed by atoms with Crippen molar-refractivity contribution < 1.29 is 9.53 Å².